The normalized spacial score (nSPS) is 11.4. The van der Waals surface area contributed by atoms with Gasteiger partial charge in [0.05, 0.1) is 5.69 Å². The molecule has 0 aliphatic heterocycles. The third-order valence-corrected chi connectivity index (χ3v) is 3.22. The van der Waals surface area contributed by atoms with E-state index in [1.165, 1.54) is 5.56 Å². The van der Waals surface area contributed by atoms with Crippen molar-refractivity contribution >= 4 is 5.91 Å². The molecule has 0 aliphatic rings. The van der Waals surface area contributed by atoms with Crippen molar-refractivity contribution < 1.29 is 4.79 Å². The van der Waals surface area contributed by atoms with Crippen molar-refractivity contribution in [3.8, 4) is 0 Å². The van der Waals surface area contributed by atoms with Crippen molar-refractivity contribution in [1.82, 2.24) is 20.4 Å². The van der Waals surface area contributed by atoms with Crippen molar-refractivity contribution in [3.05, 3.63) is 17.0 Å². The number of nitrogens with one attached hydrogen (secondary N) is 2. The summed E-state index contributed by atoms with van der Waals surface area (Å²) in [6, 6.07) is 0.437. The first-order chi connectivity index (χ1) is 9.31. The van der Waals surface area contributed by atoms with Gasteiger partial charge in [0.15, 0.2) is 0 Å². The lowest BCUT2D eigenvalue weighted by molar-refractivity contribution is -0.122. The average Bonchev–Trinajstić information content (AvgIpc) is 2.59. The number of aromatic nitrogens is 2. The van der Waals surface area contributed by atoms with Crippen LogP contribution in [0.2, 0.25) is 0 Å². The monoisotopic (exact) mass is 280 g/mol. The number of nitrogens with zero attached hydrogens (tertiary/aromatic N) is 2. The molecule has 0 aromatic carbocycles. The number of amides is 1. The number of hydrogen-bond donors (Lipinski definition) is 2. The van der Waals surface area contributed by atoms with Crippen LogP contribution in [0.15, 0.2) is 0 Å². The maximum absolute atomic E-state index is 11.9. The number of rotatable bonds is 7. The highest BCUT2D eigenvalue weighted by Crippen LogP contribution is 2.12. The van der Waals surface area contributed by atoms with Gasteiger partial charge in [-0.25, -0.2) is 0 Å². The van der Waals surface area contributed by atoms with Gasteiger partial charge in [-0.15, -0.1) is 0 Å². The minimum Gasteiger partial charge on any atom is -0.354 e. The zero-order valence-corrected chi connectivity index (χ0v) is 13.6. The maximum Gasteiger partial charge on any atom is 0.241 e. The van der Waals surface area contributed by atoms with E-state index >= 15 is 0 Å². The molecule has 1 rings (SSSR count). The molecular formula is C15H28N4O. The summed E-state index contributed by atoms with van der Waals surface area (Å²) < 4.78 is 1.79. The lowest BCUT2D eigenvalue weighted by Gasteiger charge is -2.10. The van der Waals surface area contributed by atoms with Crippen LogP contribution >= 0.6 is 0 Å². The number of aryl methyl sites for hydroxylation is 1. The molecule has 0 saturated carbocycles. The van der Waals surface area contributed by atoms with Crippen LogP contribution in [0.4, 0.5) is 0 Å². The van der Waals surface area contributed by atoms with E-state index in [1.54, 1.807) is 4.68 Å². The fourth-order valence-corrected chi connectivity index (χ4v) is 1.96. The molecule has 0 radical (unpaired) electrons. The van der Waals surface area contributed by atoms with Crippen molar-refractivity contribution in [1.29, 1.82) is 0 Å². The molecule has 5 nitrogen and oxygen atoms in total. The highest BCUT2D eigenvalue weighted by atomic mass is 16.2. The first kappa shape index (κ1) is 16.7. The molecule has 20 heavy (non-hydrogen) atoms. The molecule has 2 N–H and O–H groups in total. The second kappa shape index (κ2) is 7.43. The summed E-state index contributed by atoms with van der Waals surface area (Å²) in [4.78, 5) is 11.9. The van der Waals surface area contributed by atoms with E-state index in [0.29, 0.717) is 25.0 Å². The molecule has 0 fully saturated rings. The second-order valence-corrected chi connectivity index (χ2v) is 6.04. The van der Waals surface area contributed by atoms with Gasteiger partial charge in [0.2, 0.25) is 5.91 Å². The van der Waals surface area contributed by atoms with E-state index in [2.05, 4.69) is 43.4 Å². The molecule has 0 saturated heterocycles. The zero-order chi connectivity index (χ0) is 15.3. The standard InChI is InChI=1S/C15H28N4O/c1-10(2)7-17-15(20)9-19-13(6)14(12(5)18-19)8-16-11(3)4/h10-11,16H,7-9H2,1-6H3,(H,17,20). The molecule has 0 unspecified atom stereocenters. The van der Waals surface area contributed by atoms with E-state index in [0.717, 1.165) is 17.9 Å². The third kappa shape index (κ3) is 4.96. The van der Waals surface area contributed by atoms with Gasteiger partial charge in [0.1, 0.15) is 6.54 Å². The summed E-state index contributed by atoms with van der Waals surface area (Å²) in [6.07, 6.45) is 0. The highest BCUT2D eigenvalue weighted by molar-refractivity contribution is 5.75. The minimum atomic E-state index is 0.0210. The van der Waals surface area contributed by atoms with Gasteiger partial charge >= 0.3 is 0 Å². The summed E-state index contributed by atoms with van der Waals surface area (Å²) >= 11 is 0. The van der Waals surface area contributed by atoms with Gasteiger partial charge in [-0.1, -0.05) is 27.7 Å². The van der Waals surface area contributed by atoms with Crippen molar-refractivity contribution in [2.45, 2.75) is 60.7 Å². The number of hydrogen-bond acceptors (Lipinski definition) is 3. The fraction of sp³-hybridized carbons (Fsp3) is 0.733. The Labute approximate surface area is 122 Å². The summed E-state index contributed by atoms with van der Waals surface area (Å²) in [5.41, 5.74) is 3.25. The molecule has 0 spiro atoms. The number of carbonyl (C=O) groups is 1. The Bertz CT molecular complexity index is 449. The van der Waals surface area contributed by atoms with Gasteiger partial charge < -0.3 is 10.6 Å². The van der Waals surface area contributed by atoms with Crippen LogP contribution in [0, 0.1) is 19.8 Å². The molecule has 1 aromatic heterocycles. The molecule has 1 amide bonds. The van der Waals surface area contributed by atoms with Crippen molar-refractivity contribution in [3.63, 3.8) is 0 Å². The second-order valence-electron chi connectivity index (χ2n) is 6.04. The van der Waals surface area contributed by atoms with Gasteiger partial charge in [0.25, 0.3) is 0 Å². The van der Waals surface area contributed by atoms with Crippen LogP contribution in [-0.4, -0.2) is 28.3 Å². The van der Waals surface area contributed by atoms with Crippen LogP contribution in [0.25, 0.3) is 0 Å². The Balaban J connectivity index is 2.67. The van der Waals surface area contributed by atoms with Crippen molar-refractivity contribution in [2.75, 3.05) is 6.54 Å². The van der Waals surface area contributed by atoms with Crippen LogP contribution in [-0.2, 0) is 17.9 Å². The van der Waals surface area contributed by atoms with E-state index in [4.69, 9.17) is 0 Å². The predicted molar refractivity (Wildman–Crippen MR) is 81.5 cm³/mol. The largest absolute Gasteiger partial charge is 0.354 e. The lowest BCUT2D eigenvalue weighted by atomic mass is 10.2. The quantitative estimate of drug-likeness (QED) is 0.800. The Morgan fingerprint density at radius 3 is 2.45 bits per heavy atom. The molecule has 0 aliphatic carbocycles. The van der Waals surface area contributed by atoms with E-state index in [9.17, 15) is 4.79 Å². The smallest absolute Gasteiger partial charge is 0.241 e. The highest BCUT2D eigenvalue weighted by Gasteiger charge is 2.13. The maximum atomic E-state index is 11.9. The Hall–Kier alpha value is -1.36. The van der Waals surface area contributed by atoms with E-state index in [-0.39, 0.29) is 5.91 Å². The zero-order valence-electron chi connectivity index (χ0n) is 13.6. The predicted octanol–water partition coefficient (Wildman–Crippen LogP) is 1.77. The fourth-order valence-electron chi connectivity index (χ4n) is 1.96. The van der Waals surface area contributed by atoms with Crippen LogP contribution < -0.4 is 10.6 Å². The molecule has 1 heterocycles. The van der Waals surface area contributed by atoms with E-state index < -0.39 is 0 Å². The Morgan fingerprint density at radius 1 is 1.25 bits per heavy atom. The first-order valence-electron chi connectivity index (χ1n) is 7.34. The van der Waals surface area contributed by atoms with Crippen LogP contribution in [0.1, 0.15) is 44.6 Å². The van der Waals surface area contributed by atoms with Gasteiger partial charge in [-0.2, -0.15) is 5.10 Å². The molecule has 0 bridgehead atoms. The third-order valence-electron chi connectivity index (χ3n) is 3.22. The topological polar surface area (TPSA) is 59.0 Å². The summed E-state index contributed by atoms with van der Waals surface area (Å²) in [6.45, 7) is 14.2. The molecule has 114 valence electrons. The molecule has 1 aromatic rings. The number of carbonyl (C=O) groups excluding carboxylic acids is 1. The molecule has 5 heteroatoms. The SMILES string of the molecule is Cc1nn(CC(=O)NCC(C)C)c(C)c1CNC(C)C. The average molecular weight is 280 g/mol. The minimum absolute atomic E-state index is 0.0210. The Kier molecular flexibility index (Phi) is 6.20. The van der Waals surface area contributed by atoms with E-state index in [1.807, 2.05) is 13.8 Å². The van der Waals surface area contributed by atoms with Gasteiger partial charge in [-0.3, -0.25) is 9.48 Å². The summed E-state index contributed by atoms with van der Waals surface area (Å²) in [5, 5.41) is 10.8. The van der Waals surface area contributed by atoms with Gasteiger partial charge in [-0.05, 0) is 19.8 Å². The van der Waals surface area contributed by atoms with Gasteiger partial charge in [0, 0.05) is 30.4 Å². The lowest BCUT2D eigenvalue weighted by Crippen LogP contribution is -2.31. The van der Waals surface area contributed by atoms with Crippen LogP contribution in [0.5, 0.6) is 0 Å². The molecular weight excluding hydrogens is 252 g/mol. The summed E-state index contributed by atoms with van der Waals surface area (Å²) in [5.74, 6) is 0.484. The first-order valence-corrected chi connectivity index (χ1v) is 7.34. The van der Waals surface area contributed by atoms with Crippen LogP contribution in [0.3, 0.4) is 0 Å². The Morgan fingerprint density at radius 2 is 1.90 bits per heavy atom. The van der Waals surface area contributed by atoms with Crippen molar-refractivity contribution in [2.24, 2.45) is 5.92 Å². The summed E-state index contributed by atoms with van der Waals surface area (Å²) in [7, 11) is 0. The molecule has 0 atom stereocenters.